The van der Waals surface area contributed by atoms with E-state index in [2.05, 4.69) is 133 Å². The Morgan fingerprint density at radius 1 is 0.523 bits per heavy atom. The highest BCUT2D eigenvalue weighted by Gasteiger charge is 2.30. The number of carbonyl (C=O) groups excluding carboxylic acids is 2. The number of rotatable bonds is 9. The third kappa shape index (κ3) is 12.7. The summed E-state index contributed by atoms with van der Waals surface area (Å²) in [5, 5.41) is 12.5. The lowest BCUT2D eigenvalue weighted by atomic mass is 9.79. The minimum Gasteiger partial charge on any atom is -0.507 e. The molecule has 0 heterocycles. The van der Waals surface area contributed by atoms with Gasteiger partial charge < -0.3 is 29.1 Å². The van der Waals surface area contributed by atoms with Gasteiger partial charge in [0.1, 0.15) is 23.0 Å². The third-order valence-electron chi connectivity index (χ3n) is 11.9. The smallest absolute Gasteiger partial charge is 0.338 e. The summed E-state index contributed by atoms with van der Waals surface area (Å²) in [5.74, 6) is 0.182. The SMILES string of the molecule is C=C(C)C(=O)Oc1c2cc(C(C)(C)C)cc1Cc1cc(C(C)(C)C)cc(c1OCCCP(=O)(O)O)Cc1cc(C(C)(C)C)cc(c1OC(=O)C(=C)C)Cc1cc(C(C)(C)C)cc(c1O)C2. The van der Waals surface area contributed by atoms with Crippen molar-refractivity contribution in [2.75, 3.05) is 12.8 Å². The second kappa shape index (κ2) is 18.7. The van der Waals surface area contributed by atoms with Gasteiger partial charge in [0, 0.05) is 59.1 Å². The molecule has 0 saturated carbocycles. The van der Waals surface area contributed by atoms with E-state index in [0.717, 1.165) is 33.4 Å². The highest BCUT2D eigenvalue weighted by molar-refractivity contribution is 7.51. The lowest BCUT2D eigenvalue weighted by Crippen LogP contribution is -2.19. The number of esters is 2. The molecule has 1 aliphatic carbocycles. The van der Waals surface area contributed by atoms with Crippen molar-refractivity contribution < 1.29 is 43.3 Å². The Bertz CT molecular complexity index is 2440. The van der Waals surface area contributed by atoms with Crippen molar-refractivity contribution in [3.63, 3.8) is 0 Å². The van der Waals surface area contributed by atoms with E-state index >= 15 is 0 Å². The lowest BCUT2D eigenvalue weighted by molar-refractivity contribution is -0.131. The summed E-state index contributed by atoms with van der Waals surface area (Å²) in [6, 6.07) is 16.5. The predicted octanol–water partition coefficient (Wildman–Crippen LogP) is 12.2. The minimum absolute atomic E-state index is 0.0135. The monoisotopic (exact) mass is 906 g/mol. The van der Waals surface area contributed by atoms with Crippen LogP contribution in [0.25, 0.3) is 0 Å². The summed E-state index contributed by atoms with van der Waals surface area (Å²) in [6.07, 6.45) is 0.648. The van der Waals surface area contributed by atoms with Crippen LogP contribution in [0.2, 0.25) is 0 Å². The summed E-state index contributed by atoms with van der Waals surface area (Å²) in [7, 11) is -4.31. The van der Waals surface area contributed by atoms with Crippen LogP contribution in [0.3, 0.4) is 0 Å². The molecule has 4 aromatic rings. The molecule has 0 fully saturated rings. The van der Waals surface area contributed by atoms with Crippen LogP contribution in [0.15, 0.2) is 72.8 Å². The maximum absolute atomic E-state index is 13.7. The molecule has 0 atom stereocenters. The maximum Gasteiger partial charge on any atom is 0.338 e. The van der Waals surface area contributed by atoms with E-state index in [1.165, 1.54) is 0 Å². The Labute approximate surface area is 387 Å². The van der Waals surface area contributed by atoms with E-state index < -0.39 is 19.5 Å². The molecular weight excluding hydrogens is 836 g/mol. The third-order valence-corrected chi connectivity index (χ3v) is 12.8. The quantitative estimate of drug-likeness (QED) is 0.0433. The molecule has 0 aliphatic heterocycles. The van der Waals surface area contributed by atoms with E-state index in [-0.39, 0.29) is 83.4 Å². The zero-order valence-electron chi connectivity index (χ0n) is 41.2. The Balaban J connectivity index is 2.02. The molecule has 65 heavy (non-hydrogen) atoms. The van der Waals surface area contributed by atoms with Gasteiger partial charge in [-0.15, -0.1) is 0 Å². The minimum atomic E-state index is -4.31. The number of fused-ring (bicyclic) bond motifs is 8. The fraction of sp³-hybridized carbons (Fsp3) is 0.455. The second-order valence-corrected chi connectivity index (χ2v) is 23.9. The number of hydrogen-bond acceptors (Lipinski definition) is 7. The van der Waals surface area contributed by atoms with E-state index in [1.54, 1.807) is 13.8 Å². The number of ether oxygens (including phenoxy) is 3. The van der Waals surface area contributed by atoms with Crippen molar-refractivity contribution in [2.24, 2.45) is 0 Å². The summed E-state index contributed by atoms with van der Waals surface area (Å²) >= 11 is 0. The number of aromatic hydroxyl groups is 1. The fourth-order valence-corrected chi connectivity index (χ4v) is 8.43. The Morgan fingerprint density at radius 3 is 1.05 bits per heavy atom. The van der Waals surface area contributed by atoms with Gasteiger partial charge in [-0.05, 0) is 86.4 Å². The van der Waals surface area contributed by atoms with Gasteiger partial charge >= 0.3 is 19.5 Å². The van der Waals surface area contributed by atoms with Gasteiger partial charge in [0.05, 0.1) is 12.8 Å². The van der Waals surface area contributed by atoms with Gasteiger partial charge in [-0.25, -0.2) is 9.59 Å². The standard InChI is InChI=1S/C55H71O9P/c1-32(2)50(57)63-48-38-20-34-24-42(52(5,6)7)25-35(46(34)56)21-39-29-45(55(14,15)16)31-41(49(39)64-51(58)33(3)4)23-37-27-43(53(8,9)10)26-36(47(37)62-18-17-19-65(59,60)61)22-40(48)30-44(28-38)54(11,12)13/h24-31,56H,1,3,17-23H2,2,4-16H3,(H2,59,60,61). The number of phenols is 1. The molecule has 0 amide bonds. The van der Waals surface area contributed by atoms with E-state index in [0.29, 0.717) is 50.6 Å². The van der Waals surface area contributed by atoms with Crippen LogP contribution in [0.4, 0.5) is 0 Å². The normalized spacial score (nSPS) is 13.5. The van der Waals surface area contributed by atoms with Crippen molar-refractivity contribution in [1.82, 2.24) is 0 Å². The van der Waals surface area contributed by atoms with Crippen molar-refractivity contribution in [1.29, 1.82) is 0 Å². The Hall–Kier alpha value is -4.95. The van der Waals surface area contributed by atoms with Gasteiger partial charge in [0.25, 0.3) is 0 Å². The highest BCUT2D eigenvalue weighted by Crippen LogP contribution is 2.45. The summed E-state index contributed by atoms with van der Waals surface area (Å²) in [6.45, 7) is 36.6. The van der Waals surface area contributed by atoms with E-state index in [1.807, 2.05) is 12.1 Å². The van der Waals surface area contributed by atoms with Gasteiger partial charge in [0.2, 0.25) is 0 Å². The van der Waals surface area contributed by atoms with Crippen LogP contribution < -0.4 is 14.2 Å². The topological polar surface area (TPSA) is 140 Å². The van der Waals surface area contributed by atoms with Crippen LogP contribution in [0.1, 0.15) is 170 Å². The molecule has 3 N–H and O–H groups in total. The lowest BCUT2D eigenvalue weighted by Gasteiger charge is -2.28. The summed E-state index contributed by atoms with van der Waals surface area (Å²) in [5.41, 5.74) is 8.74. The molecule has 9 nitrogen and oxygen atoms in total. The zero-order valence-corrected chi connectivity index (χ0v) is 42.1. The fourth-order valence-electron chi connectivity index (χ4n) is 7.89. The van der Waals surface area contributed by atoms with Gasteiger partial charge in [-0.1, -0.05) is 145 Å². The van der Waals surface area contributed by atoms with Crippen LogP contribution in [0.5, 0.6) is 23.0 Å². The predicted molar refractivity (Wildman–Crippen MR) is 261 cm³/mol. The average molecular weight is 907 g/mol. The van der Waals surface area contributed by atoms with Crippen molar-refractivity contribution in [2.45, 2.75) is 151 Å². The first-order chi connectivity index (χ1) is 29.7. The molecule has 5 rings (SSSR count). The van der Waals surface area contributed by atoms with Gasteiger partial charge in [0.15, 0.2) is 0 Å². The van der Waals surface area contributed by atoms with Crippen LogP contribution in [-0.2, 0) is 61.5 Å². The first kappa shape index (κ1) is 51.0. The van der Waals surface area contributed by atoms with Crippen molar-refractivity contribution >= 4 is 19.5 Å². The molecule has 0 saturated heterocycles. The average Bonchev–Trinajstić information content (AvgIpc) is 3.14. The maximum atomic E-state index is 13.7. The second-order valence-electron chi connectivity index (χ2n) is 22.2. The Kier molecular flexibility index (Phi) is 14.7. The molecule has 1 aliphatic rings. The molecule has 10 heteroatoms. The largest absolute Gasteiger partial charge is 0.507 e. The number of hydrogen-bond donors (Lipinski definition) is 3. The first-order valence-electron chi connectivity index (χ1n) is 22.5. The van der Waals surface area contributed by atoms with Crippen LogP contribution >= 0.6 is 7.60 Å². The number of benzene rings is 4. The molecule has 0 unspecified atom stereocenters. The van der Waals surface area contributed by atoms with E-state index in [9.17, 15) is 29.0 Å². The Morgan fingerprint density at radius 2 is 0.785 bits per heavy atom. The van der Waals surface area contributed by atoms with Crippen molar-refractivity contribution in [3.8, 4) is 23.0 Å². The molecule has 350 valence electrons. The van der Waals surface area contributed by atoms with E-state index in [4.69, 9.17) is 14.2 Å². The highest BCUT2D eigenvalue weighted by atomic mass is 31.2. The molecule has 0 radical (unpaired) electrons. The molecular formula is C55H71O9P. The van der Waals surface area contributed by atoms with Crippen molar-refractivity contribution in [3.05, 3.63) is 140 Å². The zero-order chi connectivity index (χ0) is 48.8. The number of phenolic OH excluding ortho intramolecular Hbond substituents is 1. The summed E-state index contributed by atoms with van der Waals surface area (Å²) < 4.78 is 31.4. The first-order valence-corrected chi connectivity index (χ1v) is 24.3. The molecule has 4 aromatic carbocycles. The van der Waals surface area contributed by atoms with Crippen LogP contribution in [0, 0.1) is 0 Å². The summed E-state index contributed by atoms with van der Waals surface area (Å²) in [4.78, 5) is 46.9. The number of carbonyl (C=O) groups is 2. The van der Waals surface area contributed by atoms with Gasteiger partial charge in [-0.2, -0.15) is 0 Å². The molecule has 0 aromatic heterocycles. The van der Waals surface area contributed by atoms with Crippen LogP contribution in [-0.4, -0.2) is 39.6 Å². The van der Waals surface area contributed by atoms with Gasteiger partial charge in [-0.3, -0.25) is 4.57 Å². The molecule has 0 spiro atoms. The molecule has 8 bridgehead atoms.